The van der Waals surface area contributed by atoms with Gasteiger partial charge in [0.2, 0.25) is 5.91 Å². The molecule has 4 rings (SSSR count). The van der Waals surface area contributed by atoms with Crippen molar-refractivity contribution < 1.29 is 14.1 Å². The monoisotopic (exact) mass is 357 g/mol. The van der Waals surface area contributed by atoms with Crippen molar-refractivity contribution in [2.45, 2.75) is 11.3 Å². The molecule has 2 aromatic rings. The van der Waals surface area contributed by atoms with E-state index in [1.54, 1.807) is 17.8 Å². The maximum atomic E-state index is 13.7. The molecular weight excluding hydrogens is 345 g/mol. The van der Waals surface area contributed by atoms with Gasteiger partial charge in [0.05, 0.1) is 16.3 Å². The predicted octanol–water partition coefficient (Wildman–Crippen LogP) is 3.60. The first kappa shape index (κ1) is 15.8. The van der Waals surface area contributed by atoms with Gasteiger partial charge in [-0.2, -0.15) is 5.10 Å². The van der Waals surface area contributed by atoms with Crippen LogP contribution in [0.25, 0.3) is 0 Å². The van der Waals surface area contributed by atoms with Gasteiger partial charge in [-0.05, 0) is 30.3 Å². The van der Waals surface area contributed by atoms with Crippen LogP contribution >= 0.6 is 11.8 Å². The number of amides is 1. The van der Waals surface area contributed by atoms with E-state index in [9.17, 15) is 19.3 Å². The molecule has 1 unspecified atom stereocenters. The van der Waals surface area contributed by atoms with Gasteiger partial charge in [0.1, 0.15) is 5.82 Å². The number of fused-ring (bicyclic) bond motifs is 3. The van der Waals surface area contributed by atoms with E-state index in [0.29, 0.717) is 17.0 Å². The van der Waals surface area contributed by atoms with E-state index < -0.39 is 4.92 Å². The molecule has 0 bridgehead atoms. The Morgan fingerprint density at radius 1 is 1.24 bits per heavy atom. The third kappa shape index (κ3) is 2.78. The summed E-state index contributed by atoms with van der Waals surface area (Å²) in [5.41, 5.74) is 1.80. The van der Waals surface area contributed by atoms with Crippen molar-refractivity contribution in [3.8, 4) is 0 Å². The van der Waals surface area contributed by atoms with Crippen LogP contribution in [-0.4, -0.2) is 22.3 Å². The number of hydrogen-bond acceptors (Lipinski definition) is 5. The van der Waals surface area contributed by atoms with Crippen molar-refractivity contribution in [3.05, 3.63) is 64.0 Å². The van der Waals surface area contributed by atoms with Crippen molar-refractivity contribution in [3.63, 3.8) is 0 Å². The number of nitro benzene ring substituents is 1. The maximum Gasteiger partial charge on any atom is 0.269 e. The third-order valence-corrected chi connectivity index (χ3v) is 5.45. The molecule has 0 N–H and O–H groups in total. The number of carbonyl (C=O) groups excluding carboxylic acids is 1. The Morgan fingerprint density at radius 3 is 2.72 bits per heavy atom. The first-order valence-electron chi connectivity index (χ1n) is 7.61. The molecule has 2 aromatic carbocycles. The lowest BCUT2D eigenvalue weighted by Gasteiger charge is -2.32. The van der Waals surface area contributed by atoms with Gasteiger partial charge in [-0.25, -0.2) is 9.40 Å². The molecule has 0 saturated carbocycles. The van der Waals surface area contributed by atoms with Crippen molar-refractivity contribution in [2.75, 3.05) is 10.8 Å². The predicted molar refractivity (Wildman–Crippen MR) is 92.4 cm³/mol. The van der Waals surface area contributed by atoms with E-state index in [-0.39, 0.29) is 29.8 Å². The molecule has 2 aliphatic rings. The fraction of sp³-hybridized carbons (Fsp3) is 0.176. The van der Waals surface area contributed by atoms with Crippen LogP contribution in [0.15, 0.2) is 52.5 Å². The largest absolute Gasteiger partial charge is 0.273 e. The first-order valence-corrected chi connectivity index (χ1v) is 8.60. The highest BCUT2D eigenvalue weighted by molar-refractivity contribution is 7.99. The molecular formula is C17H12FN3O3S. The summed E-state index contributed by atoms with van der Waals surface area (Å²) in [5.74, 6) is 0.141. The van der Waals surface area contributed by atoms with Crippen molar-refractivity contribution in [2.24, 2.45) is 11.0 Å². The van der Waals surface area contributed by atoms with Gasteiger partial charge in [0, 0.05) is 40.7 Å². The van der Waals surface area contributed by atoms with Crippen LogP contribution in [0.5, 0.6) is 0 Å². The lowest BCUT2D eigenvalue weighted by molar-refractivity contribution is -0.384. The van der Waals surface area contributed by atoms with Gasteiger partial charge in [-0.1, -0.05) is 0 Å². The molecule has 0 saturated heterocycles. The zero-order valence-electron chi connectivity index (χ0n) is 12.9. The second-order valence-electron chi connectivity index (χ2n) is 5.82. The van der Waals surface area contributed by atoms with Crippen LogP contribution in [0.3, 0.4) is 0 Å². The fourth-order valence-corrected chi connectivity index (χ4v) is 4.13. The average Bonchev–Trinajstić information content (AvgIpc) is 2.61. The summed E-state index contributed by atoms with van der Waals surface area (Å²) in [6.45, 7) is 0. The van der Waals surface area contributed by atoms with Crippen LogP contribution in [0, 0.1) is 21.8 Å². The molecule has 0 spiro atoms. The summed E-state index contributed by atoms with van der Waals surface area (Å²) >= 11 is 1.59. The Bertz CT molecular complexity index is 914. The van der Waals surface area contributed by atoms with Crippen molar-refractivity contribution in [1.29, 1.82) is 0 Å². The second-order valence-corrected chi connectivity index (χ2v) is 6.88. The Kier molecular flexibility index (Phi) is 3.76. The van der Waals surface area contributed by atoms with Gasteiger partial charge >= 0.3 is 0 Å². The molecule has 8 heteroatoms. The Hall–Kier alpha value is -2.74. The third-order valence-electron chi connectivity index (χ3n) is 4.21. The summed E-state index contributed by atoms with van der Waals surface area (Å²) in [6, 6.07) is 10.2. The number of hydrazone groups is 1. The summed E-state index contributed by atoms with van der Waals surface area (Å²) in [5, 5.41) is 16.5. The normalized spacial score (nSPS) is 19.1. The van der Waals surface area contributed by atoms with Crippen LogP contribution < -0.4 is 5.01 Å². The van der Waals surface area contributed by atoms with Crippen LogP contribution in [-0.2, 0) is 4.79 Å². The average molecular weight is 357 g/mol. The SMILES string of the molecule is O=C1CC2CSc3ccc(F)cc3C2=NN1c1ccc([N+](=O)[O-])cc1. The summed E-state index contributed by atoms with van der Waals surface area (Å²) in [4.78, 5) is 23.7. The minimum Gasteiger partial charge on any atom is -0.273 e. The van der Waals surface area contributed by atoms with Crippen molar-refractivity contribution >= 4 is 34.8 Å². The number of nitrogens with zero attached hydrogens (tertiary/aromatic N) is 3. The van der Waals surface area contributed by atoms with E-state index in [2.05, 4.69) is 5.10 Å². The number of rotatable bonds is 2. The second kappa shape index (κ2) is 5.96. The molecule has 2 heterocycles. The minimum atomic E-state index is -0.499. The quantitative estimate of drug-likeness (QED) is 0.608. The molecule has 1 amide bonds. The lowest BCUT2D eigenvalue weighted by atomic mass is 9.93. The van der Waals surface area contributed by atoms with Gasteiger partial charge in [0.25, 0.3) is 5.69 Å². The summed E-state index contributed by atoms with van der Waals surface area (Å²) < 4.78 is 13.7. The molecule has 126 valence electrons. The first-order chi connectivity index (χ1) is 12.0. The Balaban J connectivity index is 1.76. The molecule has 6 nitrogen and oxygen atoms in total. The van der Waals surface area contributed by atoms with E-state index in [0.717, 1.165) is 10.6 Å². The molecule has 0 aliphatic carbocycles. The highest BCUT2D eigenvalue weighted by Crippen LogP contribution is 2.38. The van der Waals surface area contributed by atoms with Crippen molar-refractivity contribution in [1.82, 2.24) is 0 Å². The molecule has 25 heavy (non-hydrogen) atoms. The van der Waals surface area contributed by atoms with Gasteiger partial charge in [-0.3, -0.25) is 14.9 Å². The van der Waals surface area contributed by atoms with E-state index >= 15 is 0 Å². The smallest absolute Gasteiger partial charge is 0.269 e. The number of carbonyl (C=O) groups is 1. The molecule has 0 fully saturated rings. The molecule has 0 radical (unpaired) electrons. The van der Waals surface area contributed by atoms with Gasteiger partial charge in [0.15, 0.2) is 0 Å². The van der Waals surface area contributed by atoms with Crippen LogP contribution in [0.4, 0.5) is 15.8 Å². The summed E-state index contributed by atoms with van der Waals surface area (Å²) in [6.07, 6.45) is 0.277. The number of non-ortho nitro benzene ring substituents is 1. The van der Waals surface area contributed by atoms with Crippen LogP contribution in [0.2, 0.25) is 0 Å². The highest BCUT2D eigenvalue weighted by Gasteiger charge is 2.35. The summed E-state index contributed by atoms with van der Waals surface area (Å²) in [7, 11) is 0. The number of thioether (sulfide) groups is 1. The number of hydrogen-bond donors (Lipinski definition) is 0. The molecule has 0 aromatic heterocycles. The van der Waals surface area contributed by atoms with Gasteiger partial charge in [-0.15, -0.1) is 11.8 Å². The molecule has 1 atom stereocenters. The fourth-order valence-electron chi connectivity index (χ4n) is 2.99. The minimum absolute atomic E-state index is 0.0545. The highest BCUT2D eigenvalue weighted by atomic mass is 32.2. The van der Waals surface area contributed by atoms with E-state index in [4.69, 9.17) is 0 Å². The van der Waals surface area contributed by atoms with E-state index in [1.807, 2.05) is 0 Å². The number of nitro groups is 1. The van der Waals surface area contributed by atoms with Gasteiger partial charge < -0.3 is 0 Å². The Morgan fingerprint density at radius 2 is 2.00 bits per heavy atom. The Labute approximate surface area is 146 Å². The number of benzene rings is 2. The zero-order valence-corrected chi connectivity index (χ0v) is 13.7. The topological polar surface area (TPSA) is 75.8 Å². The standard InChI is InChI=1S/C17H12FN3O3S/c18-11-1-6-15-14(8-11)17-10(9-25-15)7-16(22)20(19-17)12-2-4-13(5-3-12)21(23)24/h1-6,8,10H,7,9H2. The van der Waals surface area contributed by atoms with E-state index in [1.165, 1.54) is 41.4 Å². The lowest BCUT2D eigenvalue weighted by Crippen LogP contribution is -2.39. The number of halogens is 1. The molecule has 2 aliphatic heterocycles. The zero-order chi connectivity index (χ0) is 17.6. The number of anilines is 1. The maximum absolute atomic E-state index is 13.7. The van der Waals surface area contributed by atoms with Crippen LogP contribution in [0.1, 0.15) is 12.0 Å².